The van der Waals surface area contributed by atoms with Crippen LogP contribution in [0, 0.1) is 22.7 Å². The molecule has 1 aromatic carbocycles. The van der Waals surface area contributed by atoms with Gasteiger partial charge in [-0.25, -0.2) is 10.4 Å². The average Bonchev–Trinajstić information content (AvgIpc) is 4.04. The maximum atomic E-state index is 15.1. The molecule has 8 heterocycles. The number of cyclic esters (lactones) is 1. The SMILES string of the molecule is CO[C@@H](C)c1ncccc1-c1c2c3cc(ccc3n1CC(F)(F)F)-c1csc(n1)C[C@H](NC(=O)[C@H](C1CCCC1)N1CC[C@]3(CCN(C(=O)[C@@H]4N[C@@H]4C4CC4)C3)C1)C(=O)N1CCC[C@H](N1)C(=O)OCC(C)(C)C2. The number of benzene rings is 1. The molecule has 6 bridgehead atoms. The first-order valence-corrected chi connectivity index (χ1v) is 27.3. The fourth-order valence-corrected chi connectivity index (χ4v) is 13.7. The summed E-state index contributed by atoms with van der Waals surface area (Å²) in [5.74, 6) is -0.169. The van der Waals surface area contributed by atoms with E-state index in [0.29, 0.717) is 94.1 Å². The predicted octanol–water partition coefficient (Wildman–Crippen LogP) is 6.98. The van der Waals surface area contributed by atoms with Crippen molar-refractivity contribution in [1.82, 2.24) is 45.4 Å². The lowest BCUT2D eigenvalue weighted by Crippen LogP contribution is -2.62. The van der Waals surface area contributed by atoms with Crippen LogP contribution in [0.3, 0.4) is 0 Å². The molecular weight excluding hydrogens is 960 g/mol. The standard InChI is InChI=1S/C54H68F3N9O6S/c1-31(71-4)43-35(11-7-19-58-43)47-37-25-52(2,3)30-72-51(70)38-12-8-20-66(62-38)49(68)39(24-42-59-40(26-73-42)34-15-16-41(36(37)23-34)65(47)29-54(55,56)57)60-48(67)46(33-9-5-6-10-33)63-21-17-53(27-63)18-22-64(28-53)50(69)45-44(61-45)32-13-14-32/h7,11,15-16,19,23,26,31-33,38-39,44-46,61-62H,5-6,8-10,12-14,17-18,20-22,24-25,27-30H2,1-4H3,(H,60,67)/t31-,38-,39-,44+,45+,46-,53-/m0/s1. The Labute approximate surface area is 428 Å². The van der Waals surface area contributed by atoms with Gasteiger partial charge >= 0.3 is 12.1 Å². The van der Waals surface area contributed by atoms with E-state index in [9.17, 15) is 27.6 Å². The molecule has 5 aliphatic heterocycles. The third-order valence-corrected chi connectivity index (χ3v) is 17.8. The summed E-state index contributed by atoms with van der Waals surface area (Å²) in [4.78, 5) is 71.7. The Morgan fingerprint density at radius 1 is 1.03 bits per heavy atom. The van der Waals surface area contributed by atoms with Crippen LogP contribution in [0.25, 0.3) is 33.4 Å². The van der Waals surface area contributed by atoms with Crippen molar-refractivity contribution < 1.29 is 41.8 Å². The van der Waals surface area contributed by atoms with Crippen molar-refractivity contribution in [1.29, 1.82) is 0 Å². The fourth-order valence-electron chi connectivity index (χ4n) is 12.9. The van der Waals surface area contributed by atoms with Crippen LogP contribution in [0.5, 0.6) is 0 Å². The molecule has 4 saturated heterocycles. The first-order valence-electron chi connectivity index (χ1n) is 26.5. The third kappa shape index (κ3) is 10.3. The van der Waals surface area contributed by atoms with E-state index in [1.807, 2.05) is 37.1 Å². The van der Waals surface area contributed by atoms with Gasteiger partial charge in [-0.05, 0) is 113 Å². The molecule has 2 aliphatic carbocycles. The van der Waals surface area contributed by atoms with Crippen molar-refractivity contribution in [2.75, 3.05) is 46.4 Å². The summed E-state index contributed by atoms with van der Waals surface area (Å²) in [6, 6.07) is 6.77. The molecule has 11 rings (SSSR count). The lowest BCUT2D eigenvalue weighted by atomic mass is 9.84. The van der Waals surface area contributed by atoms with Gasteiger partial charge < -0.3 is 24.3 Å². The molecule has 3 aromatic heterocycles. The molecule has 19 heteroatoms. The fraction of sp³-hybridized carbons (Fsp3) is 0.630. The van der Waals surface area contributed by atoms with Crippen LogP contribution in [-0.2, 0) is 48.0 Å². The smallest absolute Gasteiger partial charge is 0.406 e. The highest BCUT2D eigenvalue weighted by atomic mass is 32.1. The summed E-state index contributed by atoms with van der Waals surface area (Å²) in [5.41, 5.74) is 5.94. The van der Waals surface area contributed by atoms with E-state index in [1.165, 1.54) is 40.9 Å². The molecule has 0 unspecified atom stereocenters. The largest absolute Gasteiger partial charge is 0.464 e. The molecule has 73 heavy (non-hydrogen) atoms. The second-order valence-electron chi connectivity index (χ2n) is 23.0. The monoisotopic (exact) mass is 1030 g/mol. The summed E-state index contributed by atoms with van der Waals surface area (Å²) < 4.78 is 57.3. The van der Waals surface area contributed by atoms with Gasteiger partial charge in [0.1, 0.15) is 24.7 Å². The highest BCUT2D eigenvalue weighted by molar-refractivity contribution is 7.10. The number of fused-ring (bicyclic) bond motifs is 6. The van der Waals surface area contributed by atoms with E-state index >= 15 is 4.79 Å². The number of amides is 3. The summed E-state index contributed by atoms with van der Waals surface area (Å²) in [5, 5.41) is 11.2. The number of hydrazine groups is 1. The number of ether oxygens (including phenoxy) is 2. The molecule has 7 atom stereocenters. The van der Waals surface area contributed by atoms with Crippen molar-refractivity contribution in [2.24, 2.45) is 22.7 Å². The van der Waals surface area contributed by atoms with Crippen molar-refractivity contribution in [3.63, 3.8) is 0 Å². The number of halogens is 3. The van der Waals surface area contributed by atoms with Crippen molar-refractivity contribution in [2.45, 2.75) is 147 Å². The summed E-state index contributed by atoms with van der Waals surface area (Å²) >= 11 is 1.35. The molecule has 2 saturated carbocycles. The van der Waals surface area contributed by atoms with Crippen LogP contribution in [0.4, 0.5) is 13.2 Å². The Bertz CT molecular complexity index is 2770. The Balaban J connectivity index is 0.925. The van der Waals surface area contributed by atoms with Gasteiger partial charge in [0.05, 0.1) is 40.8 Å². The van der Waals surface area contributed by atoms with Crippen LogP contribution in [0.1, 0.15) is 107 Å². The number of likely N-dealkylation sites (tertiary alicyclic amines) is 2. The van der Waals surface area contributed by atoms with Crippen LogP contribution in [0.2, 0.25) is 0 Å². The topological polar surface area (TPSA) is 173 Å². The first-order chi connectivity index (χ1) is 35.0. The van der Waals surface area contributed by atoms with Crippen LogP contribution in [0.15, 0.2) is 41.9 Å². The number of esters is 1. The number of rotatable bonds is 10. The summed E-state index contributed by atoms with van der Waals surface area (Å²) in [6.45, 7) is 7.52. The molecule has 3 amide bonds. The lowest BCUT2D eigenvalue weighted by Gasteiger charge is -2.37. The Morgan fingerprint density at radius 3 is 2.59 bits per heavy atom. The van der Waals surface area contributed by atoms with E-state index < -0.39 is 48.3 Å². The number of hydrogen-bond donors (Lipinski definition) is 3. The van der Waals surface area contributed by atoms with Gasteiger partial charge in [0.2, 0.25) is 11.8 Å². The molecule has 3 N–H and O–H groups in total. The molecule has 0 radical (unpaired) electrons. The highest BCUT2D eigenvalue weighted by Crippen LogP contribution is 2.46. The number of nitrogens with one attached hydrogen (secondary N) is 3. The number of carbonyl (C=O) groups is 4. The first kappa shape index (κ1) is 50.2. The van der Waals surface area contributed by atoms with E-state index in [0.717, 1.165) is 51.6 Å². The van der Waals surface area contributed by atoms with E-state index in [1.54, 1.807) is 30.5 Å². The zero-order valence-electron chi connectivity index (χ0n) is 42.3. The van der Waals surface area contributed by atoms with Gasteiger partial charge in [-0.15, -0.1) is 11.3 Å². The minimum Gasteiger partial charge on any atom is -0.464 e. The van der Waals surface area contributed by atoms with Crippen molar-refractivity contribution in [3.05, 3.63) is 58.2 Å². The van der Waals surface area contributed by atoms with Crippen LogP contribution in [-0.4, -0.2) is 136 Å². The number of thiazole rings is 1. The number of aromatic nitrogens is 3. The quantitative estimate of drug-likeness (QED) is 0.111. The number of pyridine rings is 1. The highest BCUT2D eigenvalue weighted by Gasteiger charge is 2.55. The number of carbonyl (C=O) groups excluding carboxylic acids is 4. The van der Waals surface area contributed by atoms with Gasteiger partial charge in [0.15, 0.2) is 0 Å². The molecule has 4 aromatic rings. The molecule has 15 nitrogen and oxygen atoms in total. The Morgan fingerprint density at radius 2 is 1.82 bits per heavy atom. The molecule has 392 valence electrons. The van der Waals surface area contributed by atoms with E-state index in [-0.39, 0.29) is 54.5 Å². The maximum absolute atomic E-state index is 15.1. The molecule has 1 spiro atoms. The van der Waals surface area contributed by atoms with Gasteiger partial charge in [-0.1, -0.05) is 32.8 Å². The zero-order chi connectivity index (χ0) is 51.0. The average molecular weight is 1030 g/mol. The molecule has 6 fully saturated rings. The summed E-state index contributed by atoms with van der Waals surface area (Å²) in [7, 11) is 1.54. The van der Waals surface area contributed by atoms with Gasteiger partial charge in [0, 0.05) is 90.2 Å². The van der Waals surface area contributed by atoms with Gasteiger partial charge in [-0.2, -0.15) is 13.2 Å². The van der Waals surface area contributed by atoms with Crippen molar-refractivity contribution in [3.8, 4) is 22.5 Å². The van der Waals surface area contributed by atoms with E-state index in [4.69, 9.17) is 14.5 Å². The number of nitrogens with zero attached hydrogens (tertiary/aromatic N) is 6. The minimum atomic E-state index is -4.57. The van der Waals surface area contributed by atoms with Crippen LogP contribution >= 0.6 is 11.3 Å². The van der Waals surface area contributed by atoms with Crippen LogP contribution < -0.4 is 16.1 Å². The normalized spacial score (nSPS) is 27.9. The molecular formula is C54H68F3N9O6S. The number of alkyl halides is 3. The maximum Gasteiger partial charge on any atom is 0.406 e. The minimum absolute atomic E-state index is 0.0567. The Kier molecular flexibility index (Phi) is 13.5. The van der Waals surface area contributed by atoms with E-state index in [2.05, 4.69) is 25.9 Å². The number of methoxy groups -OCH3 is 1. The predicted molar refractivity (Wildman–Crippen MR) is 269 cm³/mol. The van der Waals surface area contributed by atoms with Gasteiger partial charge in [0.25, 0.3) is 5.91 Å². The zero-order valence-corrected chi connectivity index (χ0v) is 43.1. The molecule has 7 aliphatic rings. The number of hydrogen-bond acceptors (Lipinski definition) is 12. The lowest BCUT2D eigenvalue weighted by molar-refractivity contribution is -0.155. The summed E-state index contributed by atoms with van der Waals surface area (Å²) in [6.07, 6.45) is 5.81. The second-order valence-corrected chi connectivity index (χ2v) is 23.9. The van der Waals surface area contributed by atoms with Crippen molar-refractivity contribution >= 4 is 45.9 Å². The second kappa shape index (κ2) is 19.6. The van der Waals surface area contributed by atoms with Gasteiger partial charge in [-0.3, -0.25) is 39.4 Å². The third-order valence-electron chi connectivity index (χ3n) is 16.9. The Hall–Kier alpha value is -4.95.